The first kappa shape index (κ1) is 15.4. The molecule has 0 radical (unpaired) electrons. The van der Waals surface area contributed by atoms with Gasteiger partial charge in [0.15, 0.2) is 0 Å². The zero-order chi connectivity index (χ0) is 17.4. The van der Waals surface area contributed by atoms with E-state index in [2.05, 4.69) is 26.6 Å². The van der Waals surface area contributed by atoms with Crippen molar-refractivity contribution in [3.05, 3.63) is 48.8 Å². The minimum atomic E-state index is 0.512. The van der Waals surface area contributed by atoms with Gasteiger partial charge in [0, 0.05) is 37.5 Å². The van der Waals surface area contributed by atoms with E-state index in [1.807, 2.05) is 67.8 Å². The van der Waals surface area contributed by atoms with E-state index in [4.69, 9.17) is 4.52 Å². The smallest absolute Gasteiger partial charge is 0.258 e. The molecule has 0 aliphatic rings. The maximum Gasteiger partial charge on any atom is 0.258 e. The Morgan fingerprint density at radius 3 is 2.76 bits per heavy atom. The van der Waals surface area contributed by atoms with Crippen LogP contribution >= 0.6 is 0 Å². The molecule has 0 aliphatic carbocycles. The summed E-state index contributed by atoms with van der Waals surface area (Å²) in [6.07, 6.45) is 1.85. The topological polar surface area (TPSA) is 60.0 Å². The molecule has 0 fully saturated rings. The highest BCUT2D eigenvalue weighted by molar-refractivity contribution is 5.80. The highest BCUT2D eigenvalue weighted by atomic mass is 16.5. The molecule has 2 aromatic carbocycles. The molecule has 2 aromatic heterocycles. The van der Waals surface area contributed by atoms with Crippen LogP contribution in [0.15, 0.2) is 53.3 Å². The van der Waals surface area contributed by atoms with Crippen molar-refractivity contribution in [2.75, 3.05) is 19.0 Å². The summed E-state index contributed by atoms with van der Waals surface area (Å²) >= 11 is 0. The van der Waals surface area contributed by atoms with Crippen LogP contribution in [0.1, 0.15) is 6.92 Å². The van der Waals surface area contributed by atoms with Gasteiger partial charge in [-0.15, -0.1) is 0 Å². The first-order chi connectivity index (χ1) is 12.2. The summed E-state index contributed by atoms with van der Waals surface area (Å²) in [4.78, 5) is 11.0. The van der Waals surface area contributed by atoms with Gasteiger partial charge in [0.2, 0.25) is 5.82 Å². The maximum atomic E-state index is 5.47. The summed E-state index contributed by atoms with van der Waals surface area (Å²) in [7, 11) is 4.01. The van der Waals surface area contributed by atoms with Gasteiger partial charge in [-0.3, -0.25) is 0 Å². The standard InChI is InChI=1S/C19H19N5O/c1-4-24-12-20-16-11-13(8-9-17(16)24)18-21-19(25-22-18)14-6-5-7-15(10-14)23(2)3/h5-12H,4H2,1-3H3. The third-order valence-electron chi connectivity index (χ3n) is 4.26. The van der Waals surface area contributed by atoms with Crippen molar-refractivity contribution >= 4 is 16.7 Å². The molecule has 0 bridgehead atoms. The monoisotopic (exact) mass is 333 g/mol. The fraction of sp³-hybridized carbons (Fsp3) is 0.211. The maximum absolute atomic E-state index is 5.47. The Hall–Kier alpha value is -3.15. The van der Waals surface area contributed by atoms with E-state index in [9.17, 15) is 0 Å². The molecule has 6 heteroatoms. The van der Waals surface area contributed by atoms with Crippen LogP contribution in [0.5, 0.6) is 0 Å². The number of aromatic nitrogens is 4. The molecule has 25 heavy (non-hydrogen) atoms. The Balaban J connectivity index is 1.70. The zero-order valence-electron chi connectivity index (χ0n) is 14.5. The predicted molar refractivity (Wildman–Crippen MR) is 98.5 cm³/mol. The second kappa shape index (κ2) is 6.05. The third-order valence-corrected chi connectivity index (χ3v) is 4.26. The number of anilines is 1. The first-order valence-corrected chi connectivity index (χ1v) is 8.22. The number of aryl methyl sites for hydroxylation is 1. The van der Waals surface area contributed by atoms with Crippen LogP contribution in [0.25, 0.3) is 33.9 Å². The quantitative estimate of drug-likeness (QED) is 0.568. The van der Waals surface area contributed by atoms with E-state index < -0.39 is 0 Å². The number of hydrogen-bond acceptors (Lipinski definition) is 5. The molecular formula is C19H19N5O. The largest absolute Gasteiger partial charge is 0.378 e. The number of imidazole rings is 1. The fourth-order valence-electron chi connectivity index (χ4n) is 2.83. The average molecular weight is 333 g/mol. The minimum Gasteiger partial charge on any atom is -0.378 e. The summed E-state index contributed by atoms with van der Waals surface area (Å²) < 4.78 is 7.58. The SMILES string of the molecule is CCn1cnc2cc(-c3noc(-c4cccc(N(C)C)c4)n3)ccc21. The molecule has 4 aromatic rings. The lowest BCUT2D eigenvalue weighted by Gasteiger charge is -2.12. The van der Waals surface area contributed by atoms with Crippen molar-refractivity contribution in [3.63, 3.8) is 0 Å². The average Bonchev–Trinajstić information content (AvgIpc) is 3.28. The summed E-state index contributed by atoms with van der Waals surface area (Å²) in [5, 5.41) is 4.14. The van der Waals surface area contributed by atoms with Gasteiger partial charge in [-0.25, -0.2) is 4.98 Å². The van der Waals surface area contributed by atoms with Gasteiger partial charge in [0.1, 0.15) is 0 Å². The summed E-state index contributed by atoms with van der Waals surface area (Å²) in [6, 6.07) is 14.1. The van der Waals surface area contributed by atoms with Crippen molar-refractivity contribution in [1.82, 2.24) is 19.7 Å². The summed E-state index contributed by atoms with van der Waals surface area (Å²) in [5.74, 6) is 1.08. The second-order valence-corrected chi connectivity index (χ2v) is 6.10. The normalized spacial score (nSPS) is 11.2. The van der Waals surface area contributed by atoms with E-state index in [1.54, 1.807) is 0 Å². The van der Waals surface area contributed by atoms with Gasteiger partial charge in [0.25, 0.3) is 5.89 Å². The number of hydrogen-bond donors (Lipinski definition) is 0. The Bertz CT molecular complexity index is 1030. The Labute approximate surface area is 145 Å². The van der Waals surface area contributed by atoms with Crippen LogP contribution in [0.4, 0.5) is 5.69 Å². The molecule has 2 heterocycles. The van der Waals surface area contributed by atoms with Gasteiger partial charge < -0.3 is 14.0 Å². The van der Waals surface area contributed by atoms with Crippen LogP contribution in [0.2, 0.25) is 0 Å². The number of nitrogens with zero attached hydrogens (tertiary/aromatic N) is 5. The first-order valence-electron chi connectivity index (χ1n) is 8.22. The van der Waals surface area contributed by atoms with Gasteiger partial charge in [-0.2, -0.15) is 4.98 Å². The van der Waals surface area contributed by atoms with E-state index in [-0.39, 0.29) is 0 Å². The summed E-state index contributed by atoms with van der Waals surface area (Å²) in [6.45, 7) is 2.99. The van der Waals surface area contributed by atoms with Crippen LogP contribution in [0, 0.1) is 0 Å². The van der Waals surface area contributed by atoms with Crippen molar-refractivity contribution in [2.24, 2.45) is 0 Å². The molecule has 0 spiro atoms. The molecule has 0 saturated carbocycles. The zero-order valence-corrected chi connectivity index (χ0v) is 14.5. The van der Waals surface area contributed by atoms with Crippen LogP contribution in [-0.2, 0) is 6.54 Å². The summed E-state index contributed by atoms with van der Waals surface area (Å²) in [5.41, 5.74) is 4.92. The number of rotatable bonds is 4. The predicted octanol–water partition coefficient (Wildman–Crippen LogP) is 3.84. The minimum absolute atomic E-state index is 0.512. The molecule has 0 N–H and O–H groups in total. The lowest BCUT2D eigenvalue weighted by molar-refractivity contribution is 0.432. The molecule has 0 atom stereocenters. The number of benzene rings is 2. The molecule has 0 saturated heterocycles. The Kier molecular flexibility index (Phi) is 3.72. The Morgan fingerprint density at radius 1 is 1.08 bits per heavy atom. The lowest BCUT2D eigenvalue weighted by atomic mass is 10.1. The molecular weight excluding hydrogens is 314 g/mol. The van der Waals surface area contributed by atoms with Crippen molar-refractivity contribution in [1.29, 1.82) is 0 Å². The van der Waals surface area contributed by atoms with E-state index in [0.717, 1.165) is 34.4 Å². The molecule has 126 valence electrons. The highest BCUT2D eigenvalue weighted by Gasteiger charge is 2.13. The van der Waals surface area contributed by atoms with Crippen molar-refractivity contribution in [2.45, 2.75) is 13.5 Å². The lowest BCUT2D eigenvalue weighted by Crippen LogP contribution is -2.08. The molecule has 0 amide bonds. The van der Waals surface area contributed by atoms with Gasteiger partial charge >= 0.3 is 0 Å². The van der Waals surface area contributed by atoms with Crippen LogP contribution in [0.3, 0.4) is 0 Å². The van der Waals surface area contributed by atoms with Gasteiger partial charge in [-0.05, 0) is 43.3 Å². The Morgan fingerprint density at radius 2 is 1.96 bits per heavy atom. The van der Waals surface area contributed by atoms with Crippen molar-refractivity contribution in [3.8, 4) is 22.8 Å². The van der Waals surface area contributed by atoms with Crippen LogP contribution < -0.4 is 4.90 Å². The fourth-order valence-corrected chi connectivity index (χ4v) is 2.83. The van der Waals surface area contributed by atoms with Crippen molar-refractivity contribution < 1.29 is 4.52 Å². The van der Waals surface area contributed by atoms with Gasteiger partial charge in [-0.1, -0.05) is 11.2 Å². The molecule has 6 nitrogen and oxygen atoms in total. The molecule has 4 rings (SSSR count). The van der Waals surface area contributed by atoms with E-state index in [1.165, 1.54) is 0 Å². The second-order valence-electron chi connectivity index (χ2n) is 6.10. The molecule has 0 aliphatic heterocycles. The van der Waals surface area contributed by atoms with Crippen LogP contribution in [-0.4, -0.2) is 33.8 Å². The van der Waals surface area contributed by atoms with E-state index in [0.29, 0.717) is 11.7 Å². The van der Waals surface area contributed by atoms with Gasteiger partial charge in [0.05, 0.1) is 17.4 Å². The third kappa shape index (κ3) is 2.76. The molecule has 0 unspecified atom stereocenters. The van der Waals surface area contributed by atoms with E-state index >= 15 is 0 Å². The highest BCUT2D eigenvalue weighted by Crippen LogP contribution is 2.26. The number of fused-ring (bicyclic) bond motifs is 1.